The molecule has 0 aliphatic heterocycles. The van der Waals surface area contributed by atoms with Crippen molar-refractivity contribution in [2.75, 3.05) is 5.32 Å². The number of halogens is 1. The van der Waals surface area contributed by atoms with Crippen LogP contribution >= 0.6 is 15.9 Å². The molecule has 1 fully saturated rings. The van der Waals surface area contributed by atoms with Crippen LogP contribution in [0.3, 0.4) is 0 Å². The van der Waals surface area contributed by atoms with Gasteiger partial charge in [0.2, 0.25) is 0 Å². The average Bonchev–Trinajstić information content (AvgIpc) is 2.64. The highest BCUT2D eigenvalue weighted by Gasteiger charge is 2.29. The van der Waals surface area contributed by atoms with Crippen LogP contribution in [-0.4, -0.2) is 16.6 Å². The van der Waals surface area contributed by atoms with Crippen LogP contribution in [0.5, 0.6) is 0 Å². The molecule has 0 atom stereocenters. The van der Waals surface area contributed by atoms with Gasteiger partial charge < -0.3 is 10.4 Å². The Morgan fingerprint density at radius 3 is 2.65 bits per heavy atom. The molecule has 1 aliphatic rings. The van der Waals surface area contributed by atoms with E-state index in [2.05, 4.69) is 28.2 Å². The van der Waals surface area contributed by atoms with Crippen molar-refractivity contribution in [2.45, 2.75) is 38.1 Å². The van der Waals surface area contributed by atoms with Crippen molar-refractivity contribution in [1.29, 1.82) is 0 Å². The first-order valence-electron chi connectivity index (χ1n) is 5.81. The minimum absolute atomic E-state index is 0.0327. The SMILES string of the molecule is CC1(Nc2cc(Br)ccc2C(=O)O)CCCC1. The van der Waals surface area contributed by atoms with Crippen molar-refractivity contribution >= 4 is 27.6 Å². The third-order valence-electron chi connectivity index (χ3n) is 3.36. The van der Waals surface area contributed by atoms with Crippen LogP contribution in [-0.2, 0) is 0 Å². The van der Waals surface area contributed by atoms with E-state index in [9.17, 15) is 4.79 Å². The van der Waals surface area contributed by atoms with Gasteiger partial charge in [0.25, 0.3) is 0 Å². The highest BCUT2D eigenvalue weighted by atomic mass is 79.9. The zero-order valence-corrected chi connectivity index (χ0v) is 11.4. The third kappa shape index (κ3) is 2.80. The Morgan fingerprint density at radius 1 is 1.41 bits per heavy atom. The molecule has 1 saturated carbocycles. The molecule has 92 valence electrons. The van der Waals surface area contributed by atoms with Crippen LogP contribution in [0.15, 0.2) is 22.7 Å². The number of hydrogen-bond donors (Lipinski definition) is 2. The van der Waals surface area contributed by atoms with E-state index in [0.717, 1.165) is 17.3 Å². The largest absolute Gasteiger partial charge is 0.478 e. The van der Waals surface area contributed by atoms with E-state index >= 15 is 0 Å². The van der Waals surface area contributed by atoms with E-state index in [1.807, 2.05) is 6.07 Å². The van der Waals surface area contributed by atoms with Crippen molar-refractivity contribution in [3.05, 3.63) is 28.2 Å². The van der Waals surface area contributed by atoms with Crippen molar-refractivity contribution in [3.63, 3.8) is 0 Å². The molecule has 2 rings (SSSR count). The second kappa shape index (κ2) is 4.69. The van der Waals surface area contributed by atoms with Gasteiger partial charge in [0.1, 0.15) is 0 Å². The Labute approximate surface area is 109 Å². The van der Waals surface area contributed by atoms with E-state index in [1.165, 1.54) is 12.8 Å². The summed E-state index contributed by atoms with van der Waals surface area (Å²) in [4.78, 5) is 11.2. The molecular weight excluding hydrogens is 282 g/mol. The summed E-state index contributed by atoms with van der Waals surface area (Å²) >= 11 is 3.38. The quantitative estimate of drug-likeness (QED) is 0.890. The lowest BCUT2D eigenvalue weighted by Crippen LogP contribution is -2.31. The fourth-order valence-electron chi connectivity index (χ4n) is 2.41. The average molecular weight is 298 g/mol. The van der Waals surface area contributed by atoms with Crippen LogP contribution in [0, 0.1) is 0 Å². The third-order valence-corrected chi connectivity index (χ3v) is 3.85. The van der Waals surface area contributed by atoms with Gasteiger partial charge in [-0.25, -0.2) is 4.79 Å². The van der Waals surface area contributed by atoms with Gasteiger partial charge in [0.15, 0.2) is 0 Å². The van der Waals surface area contributed by atoms with Crippen molar-refractivity contribution in [1.82, 2.24) is 0 Å². The number of carbonyl (C=O) groups is 1. The molecule has 1 aliphatic carbocycles. The summed E-state index contributed by atoms with van der Waals surface area (Å²) in [5, 5.41) is 12.6. The Morgan fingerprint density at radius 2 is 2.06 bits per heavy atom. The Kier molecular flexibility index (Phi) is 3.43. The maximum absolute atomic E-state index is 11.2. The normalized spacial score (nSPS) is 18.0. The highest BCUT2D eigenvalue weighted by molar-refractivity contribution is 9.10. The molecule has 0 bridgehead atoms. The molecule has 3 nitrogen and oxygen atoms in total. The minimum atomic E-state index is -0.887. The zero-order chi connectivity index (χ0) is 12.5. The Bertz CT molecular complexity index is 439. The lowest BCUT2D eigenvalue weighted by atomic mass is 9.99. The van der Waals surface area contributed by atoms with Gasteiger partial charge in [-0.05, 0) is 38.0 Å². The number of anilines is 1. The van der Waals surface area contributed by atoms with Crippen LogP contribution in [0.4, 0.5) is 5.69 Å². The predicted molar refractivity (Wildman–Crippen MR) is 71.6 cm³/mol. The van der Waals surface area contributed by atoms with E-state index in [-0.39, 0.29) is 5.54 Å². The van der Waals surface area contributed by atoms with Gasteiger partial charge in [-0.3, -0.25) is 0 Å². The first-order chi connectivity index (χ1) is 8.00. The monoisotopic (exact) mass is 297 g/mol. The van der Waals surface area contributed by atoms with Gasteiger partial charge in [-0.1, -0.05) is 28.8 Å². The van der Waals surface area contributed by atoms with Gasteiger partial charge in [0.05, 0.1) is 11.3 Å². The molecule has 0 unspecified atom stereocenters. The summed E-state index contributed by atoms with van der Waals surface area (Å²) in [6.07, 6.45) is 4.61. The first-order valence-corrected chi connectivity index (χ1v) is 6.60. The number of carboxylic acids is 1. The molecule has 1 aromatic carbocycles. The molecule has 1 aromatic rings. The van der Waals surface area contributed by atoms with Crippen molar-refractivity contribution < 1.29 is 9.90 Å². The molecule has 0 saturated heterocycles. The van der Waals surface area contributed by atoms with Crippen LogP contribution in [0.25, 0.3) is 0 Å². The molecule has 0 radical (unpaired) electrons. The Hall–Kier alpha value is -1.03. The fraction of sp³-hybridized carbons (Fsp3) is 0.462. The number of benzene rings is 1. The van der Waals surface area contributed by atoms with Crippen LogP contribution in [0.2, 0.25) is 0 Å². The summed E-state index contributed by atoms with van der Waals surface area (Å²) in [5.74, 6) is -0.887. The van der Waals surface area contributed by atoms with E-state index < -0.39 is 5.97 Å². The molecular formula is C13H16BrNO2. The van der Waals surface area contributed by atoms with Crippen LogP contribution < -0.4 is 5.32 Å². The van der Waals surface area contributed by atoms with Gasteiger partial charge in [-0.15, -0.1) is 0 Å². The van der Waals surface area contributed by atoms with Gasteiger partial charge in [-0.2, -0.15) is 0 Å². The second-order valence-electron chi connectivity index (χ2n) is 4.89. The maximum atomic E-state index is 11.2. The molecule has 4 heteroatoms. The molecule has 0 heterocycles. The lowest BCUT2D eigenvalue weighted by molar-refractivity contribution is 0.0698. The number of nitrogens with one attached hydrogen (secondary N) is 1. The molecule has 0 spiro atoms. The summed E-state index contributed by atoms with van der Waals surface area (Å²) in [5.41, 5.74) is 1.07. The predicted octanol–water partition coefficient (Wildman–Crippen LogP) is 3.89. The van der Waals surface area contributed by atoms with Crippen molar-refractivity contribution in [2.24, 2.45) is 0 Å². The summed E-state index contributed by atoms with van der Waals surface area (Å²) in [6.45, 7) is 2.16. The second-order valence-corrected chi connectivity index (χ2v) is 5.80. The number of rotatable bonds is 3. The topological polar surface area (TPSA) is 49.3 Å². The minimum Gasteiger partial charge on any atom is -0.478 e. The molecule has 0 aromatic heterocycles. The highest BCUT2D eigenvalue weighted by Crippen LogP contribution is 2.34. The van der Waals surface area contributed by atoms with Crippen molar-refractivity contribution in [3.8, 4) is 0 Å². The fourth-order valence-corrected chi connectivity index (χ4v) is 2.77. The van der Waals surface area contributed by atoms with Gasteiger partial charge in [0, 0.05) is 10.0 Å². The Balaban J connectivity index is 2.30. The number of hydrogen-bond acceptors (Lipinski definition) is 2. The summed E-state index contributed by atoms with van der Waals surface area (Å²) < 4.78 is 0.895. The maximum Gasteiger partial charge on any atom is 0.337 e. The smallest absolute Gasteiger partial charge is 0.337 e. The zero-order valence-electron chi connectivity index (χ0n) is 9.79. The number of aromatic carboxylic acids is 1. The number of carboxylic acid groups (broad SMARTS) is 1. The van der Waals surface area contributed by atoms with Gasteiger partial charge >= 0.3 is 5.97 Å². The lowest BCUT2D eigenvalue weighted by Gasteiger charge is -2.27. The van der Waals surface area contributed by atoms with E-state index in [0.29, 0.717) is 11.3 Å². The summed E-state index contributed by atoms with van der Waals surface area (Å²) in [6, 6.07) is 5.23. The molecule has 0 amide bonds. The first kappa shape index (κ1) is 12.4. The van der Waals surface area contributed by atoms with Crippen LogP contribution in [0.1, 0.15) is 43.0 Å². The standard InChI is InChI=1S/C13H16BrNO2/c1-13(6-2-3-7-13)15-11-8-9(14)4-5-10(11)12(16)17/h4-5,8,15H,2-3,6-7H2,1H3,(H,16,17). The van der Waals surface area contributed by atoms with E-state index in [4.69, 9.17) is 5.11 Å². The summed E-state index contributed by atoms with van der Waals surface area (Å²) in [7, 11) is 0. The molecule has 17 heavy (non-hydrogen) atoms. The van der Waals surface area contributed by atoms with E-state index in [1.54, 1.807) is 12.1 Å². The molecule has 2 N–H and O–H groups in total.